The fourth-order valence-corrected chi connectivity index (χ4v) is 2.72. The molecule has 0 N–H and O–H groups in total. The van der Waals surface area contributed by atoms with Crippen LogP contribution in [-0.4, -0.2) is 36.0 Å². The monoisotopic (exact) mass is 291 g/mol. The lowest BCUT2D eigenvalue weighted by atomic mass is 10.1. The van der Waals surface area contributed by atoms with Crippen LogP contribution in [0.4, 0.5) is 0 Å². The number of nitrogens with zero attached hydrogens (tertiary/aromatic N) is 1. The van der Waals surface area contributed by atoms with E-state index >= 15 is 0 Å². The van der Waals surface area contributed by atoms with Gasteiger partial charge in [0.25, 0.3) is 11.8 Å². The lowest BCUT2D eigenvalue weighted by Gasteiger charge is -2.21. The van der Waals surface area contributed by atoms with Gasteiger partial charge in [0.15, 0.2) is 0 Å². The van der Waals surface area contributed by atoms with Gasteiger partial charge in [-0.25, -0.2) is 0 Å². The first-order valence-corrected chi connectivity index (χ1v) is 6.97. The molecule has 0 spiro atoms. The van der Waals surface area contributed by atoms with Crippen LogP contribution in [0, 0.1) is 0 Å². The Balaban J connectivity index is 1.69. The third kappa shape index (κ3) is 2.37. The molecule has 0 bridgehead atoms. The van der Waals surface area contributed by atoms with Crippen molar-refractivity contribution in [2.75, 3.05) is 13.2 Å². The van der Waals surface area contributed by atoms with Gasteiger partial charge in [0.2, 0.25) is 0 Å². The van der Waals surface area contributed by atoms with E-state index in [2.05, 4.69) is 0 Å². The minimum absolute atomic E-state index is 0.124. The molecule has 0 fully saturated rings. The number of halogens is 1. The summed E-state index contributed by atoms with van der Waals surface area (Å²) in [6.45, 7) is 0.930. The van der Waals surface area contributed by atoms with Crippen LogP contribution in [0.2, 0.25) is 0 Å². The third-order valence-corrected chi connectivity index (χ3v) is 3.87. The Morgan fingerprint density at radius 3 is 2.45 bits per heavy atom. The number of benzene rings is 1. The van der Waals surface area contributed by atoms with E-state index in [9.17, 15) is 9.59 Å². The third-order valence-electron chi connectivity index (χ3n) is 3.55. The van der Waals surface area contributed by atoms with Crippen molar-refractivity contribution in [2.45, 2.75) is 18.9 Å². The van der Waals surface area contributed by atoms with E-state index in [0.29, 0.717) is 30.7 Å². The lowest BCUT2D eigenvalue weighted by Crippen LogP contribution is -2.33. The molecule has 1 aromatic carbocycles. The summed E-state index contributed by atoms with van der Waals surface area (Å²) in [6, 6.07) is 6.90. The molecular formula is C15H14ClNO3. The Morgan fingerprint density at radius 2 is 1.85 bits per heavy atom. The van der Waals surface area contributed by atoms with E-state index in [1.165, 1.54) is 4.90 Å². The second-order valence-electron chi connectivity index (χ2n) is 4.87. The first-order valence-electron chi connectivity index (χ1n) is 6.60. The summed E-state index contributed by atoms with van der Waals surface area (Å²) in [6.07, 6.45) is 3.02. The average molecular weight is 292 g/mol. The van der Waals surface area contributed by atoms with Crippen LogP contribution < -0.4 is 0 Å². The number of rotatable bonds is 3. The van der Waals surface area contributed by atoms with Crippen LogP contribution in [0.5, 0.6) is 0 Å². The summed E-state index contributed by atoms with van der Waals surface area (Å²) >= 11 is 5.97. The molecule has 2 amide bonds. The van der Waals surface area contributed by atoms with Gasteiger partial charge in [-0.2, -0.15) is 0 Å². The van der Waals surface area contributed by atoms with Crippen LogP contribution >= 0.6 is 11.6 Å². The van der Waals surface area contributed by atoms with Crippen molar-refractivity contribution in [3.8, 4) is 0 Å². The Morgan fingerprint density at radius 1 is 1.20 bits per heavy atom. The molecule has 1 unspecified atom stereocenters. The first-order chi connectivity index (χ1) is 9.66. The summed E-state index contributed by atoms with van der Waals surface area (Å²) in [5.41, 5.74) is 0.964. The number of carbonyl (C=O) groups excluding carboxylic acids is 2. The fourth-order valence-electron chi connectivity index (χ4n) is 2.51. The number of amides is 2. The number of hydrogen-bond acceptors (Lipinski definition) is 3. The van der Waals surface area contributed by atoms with E-state index < -0.39 is 0 Å². The molecule has 5 heteroatoms. The summed E-state index contributed by atoms with van der Waals surface area (Å²) in [5.74, 6) is -0.451. The molecule has 4 nitrogen and oxygen atoms in total. The molecule has 104 valence electrons. The molecule has 0 radical (unpaired) electrons. The highest BCUT2D eigenvalue weighted by atomic mass is 35.5. The molecule has 0 saturated carbocycles. The lowest BCUT2D eigenvalue weighted by molar-refractivity contribution is 0.0528. The van der Waals surface area contributed by atoms with Crippen molar-refractivity contribution in [3.63, 3.8) is 0 Å². The highest BCUT2D eigenvalue weighted by Crippen LogP contribution is 2.24. The van der Waals surface area contributed by atoms with Gasteiger partial charge in [0, 0.05) is 18.0 Å². The maximum absolute atomic E-state index is 12.2. The Hall–Kier alpha value is -1.65. The minimum atomic E-state index is -0.225. The molecule has 20 heavy (non-hydrogen) atoms. The molecule has 1 atom stereocenters. The number of fused-ring (bicyclic) bond motifs is 1. The number of imide groups is 1. The van der Waals surface area contributed by atoms with Gasteiger partial charge in [-0.05, 0) is 24.6 Å². The molecule has 1 aromatic rings. The molecule has 2 heterocycles. The van der Waals surface area contributed by atoms with Crippen LogP contribution in [0.3, 0.4) is 0 Å². The molecule has 0 saturated heterocycles. The zero-order valence-electron chi connectivity index (χ0n) is 10.8. The predicted molar refractivity (Wildman–Crippen MR) is 74.7 cm³/mol. The summed E-state index contributed by atoms with van der Waals surface area (Å²) in [4.78, 5) is 25.6. The van der Waals surface area contributed by atoms with Gasteiger partial charge in [-0.3, -0.25) is 14.5 Å². The second-order valence-corrected chi connectivity index (χ2v) is 5.35. The zero-order valence-corrected chi connectivity index (χ0v) is 11.6. The van der Waals surface area contributed by atoms with Crippen molar-refractivity contribution in [2.24, 2.45) is 0 Å². The predicted octanol–water partition coefficient (Wildman–Crippen LogP) is 2.58. The van der Waals surface area contributed by atoms with Gasteiger partial charge >= 0.3 is 0 Å². The second kappa shape index (κ2) is 5.38. The molecule has 0 aliphatic carbocycles. The SMILES string of the molecule is O=C1c2ccccc2C(=O)N1CCC1C=C(Cl)CCO1. The summed E-state index contributed by atoms with van der Waals surface area (Å²) in [7, 11) is 0. The summed E-state index contributed by atoms with van der Waals surface area (Å²) < 4.78 is 5.55. The van der Waals surface area contributed by atoms with Gasteiger partial charge in [-0.1, -0.05) is 23.7 Å². The number of hydrogen-bond donors (Lipinski definition) is 0. The molecular weight excluding hydrogens is 278 g/mol. The first kappa shape index (κ1) is 13.3. The molecule has 0 aromatic heterocycles. The Labute approximate surface area is 122 Å². The van der Waals surface area contributed by atoms with E-state index in [0.717, 1.165) is 11.5 Å². The van der Waals surface area contributed by atoms with Crippen molar-refractivity contribution in [1.29, 1.82) is 0 Å². The quantitative estimate of drug-likeness (QED) is 0.804. The Bertz CT molecular complexity index is 562. The largest absolute Gasteiger partial charge is 0.374 e. The fraction of sp³-hybridized carbons (Fsp3) is 0.333. The van der Waals surface area contributed by atoms with Crippen LogP contribution in [-0.2, 0) is 4.74 Å². The van der Waals surface area contributed by atoms with Crippen LogP contribution in [0.25, 0.3) is 0 Å². The average Bonchev–Trinajstić information content (AvgIpc) is 2.70. The van der Waals surface area contributed by atoms with E-state index in [4.69, 9.17) is 16.3 Å². The normalized spacial score (nSPS) is 21.9. The van der Waals surface area contributed by atoms with Crippen molar-refractivity contribution < 1.29 is 14.3 Å². The van der Waals surface area contributed by atoms with Crippen molar-refractivity contribution in [3.05, 3.63) is 46.5 Å². The molecule has 3 rings (SSSR count). The standard InChI is InChI=1S/C15H14ClNO3/c16-10-6-8-20-11(9-10)5-7-17-14(18)12-3-1-2-4-13(12)15(17)19/h1-4,9,11H,5-8H2. The summed E-state index contributed by atoms with van der Waals surface area (Å²) in [5, 5.41) is 0.781. The smallest absolute Gasteiger partial charge is 0.261 e. The Kier molecular flexibility index (Phi) is 3.59. The minimum Gasteiger partial charge on any atom is -0.374 e. The molecule has 2 aliphatic rings. The van der Waals surface area contributed by atoms with E-state index in [-0.39, 0.29) is 17.9 Å². The van der Waals surface area contributed by atoms with E-state index in [1.807, 2.05) is 6.08 Å². The maximum Gasteiger partial charge on any atom is 0.261 e. The van der Waals surface area contributed by atoms with Crippen LogP contribution in [0.1, 0.15) is 33.6 Å². The van der Waals surface area contributed by atoms with Crippen LogP contribution in [0.15, 0.2) is 35.4 Å². The highest BCUT2D eigenvalue weighted by molar-refractivity contribution is 6.29. The van der Waals surface area contributed by atoms with Gasteiger partial charge in [0.1, 0.15) is 0 Å². The van der Waals surface area contributed by atoms with Crippen molar-refractivity contribution >= 4 is 23.4 Å². The van der Waals surface area contributed by atoms with Gasteiger partial charge in [0.05, 0.1) is 23.8 Å². The van der Waals surface area contributed by atoms with Crippen molar-refractivity contribution in [1.82, 2.24) is 4.90 Å². The van der Waals surface area contributed by atoms with Gasteiger partial charge in [-0.15, -0.1) is 0 Å². The molecule has 2 aliphatic heterocycles. The highest BCUT2D eigenvalue weighted by Gasteiger charge is 2.35. The van der Waals surface area contributed by atoms with Gasteiger partial charge < -0.3 is 4.74 Å². The zero-order chi connectivity index (χ0) is 14.1. The van der Waals surface area contributed by atoms with E-state index in [1.54, 1.807) is 24.3 Å². The number of ether oxygens (including phenoxy) is 1. The number of carbonyl (C=O) groups is 2. The topological polar surface area (TPSA) is 46.6 Å². The maximum atomic E-state index is 12.2.